The molecule has 0 bridgehead atoms. The zero-order valence-corrected chi connectivity index (χ0v) is 9.17. The Labute approximate surface area is 98.4 Å². The summed E-state index contributed by atoms with van der Waals surface area (Å²) in [6.07, 6.45) is 1.76. The molecule has 0 aliphatic carbocycles. The predicted octanol–water partition coefficient (Wildman–Crippen LogP) is 3.24. The Hall–Kier alpha value is -2.42. The number of nitrogens with zero attached hydrogens (tertiary/aromatic N) is 2. The maximum atomic E-state index is 3.85. The van der Waals surface area contributed by atoms with Crippen LogP contribution in [0.1, 0.15) is 0 Å². The normalized spacial score (nSPS) is 10.4. The molecule has 17 heavy (non-hydrogen) atoms. The van der Waals surface area contributed by atoms with Gasteiger partial charge in [0.25, 0.3) is 0 Å². The first-order valence-electron chi connectivity index (χ1n) is 5.46. The number of aromatic amines is 1. The van der Waals surface area contributed by atoms with Gasteiger partial charge in [-0.05, 0) is 5.39 Å². The Balaban J connectivity index is 2.54. The molecule has 1 heterocycles. The van der Waals surface area contributed by atoms with Gasteiger partial charge < -0.3 is 0 Å². The van der Waals surface area contributed by atoms with E-state index in [0.29, 0.717) is 0 Å². The van der Waals surface area contributed by atoms with Crippen LogP contribution in [0.5, 0.6) is 0 Å². The van der Waals surface area contributed by atoms with Crippen LogP contribution in [0.3, 0.4) is 0 Å². The molecule has 0 unspecified atom stereocenters. The highest BCUT2D eigenvalue weighted by molar-refractivity contribution is 6.04. The molecule has 1 aromatic heterocycles. The molecular weight excluding hydrogens is 210 g/mol. The molecule has 1 N–H and O–H groups in total. The van der Waals surface area contributed by atoms with Gasteiger partial charge in [0, 0.05) is 10.8 Å². The highest BCUT2D eigenvalue weighted by Gasteiger charge is 1.97. The second kappa shape index (κ2) is 4.22. The number of H-pyrrole nitrogens is 1. The summed E-state index contributed by atoms with van der Waals surface area (Å²) in [4.78, 5) is 0. The van der Waals surface area contributed by atoms with Gasteiger partial charge in [-0.15, -0.1) is 5.10 Å². The standard InChI is InChI=1S/C14H11N3/c1-2-4-6-11-8-9-12-10-15-17-16-14(12)13(11)7-5-3-1/h1-10H,(H,15,16). The third-order valence-electron chi connectivity index (χ3n) is 2.71. The van der Waals surface area contributed by atoms with Crippen LogP contribution in [0.25, 0.3) is 21.7 Å². The van der Waals surface area contributed by atoms with Gasteiger partial charge in [0.15, 0.2) is 0 Å². The van der Waals surface area contributed by atoms with Gasteiger partial charge in [-0.1, -0.05) is 59.8 Å². The van der Waals surface area contributed by atoms with Crippen molar-refractivity contribution >= 4 is 21.7 Å². The SMILES string of the molecule is c1cccc2ccc3cnn[nH]c3c2ccc1. The monoisotopic (exact) mass is 221 g/mol. The fraction of sp³-hybridized carbons (Fsp3) is 0. The van der Waals surface area contributed by atoms with Crippen LogP contribution in [0.2, 0.25) is 0 Å². The zero-order valence-electron chi connectivity index (χ0n) is 9.17. The van der Waals surface area contributed by atoms with Gasteiger partial charge in [0.05, 0.1) is 11.7 Å². The van der Waals surface area contributed by atoms with E-state index in [2.05, 4.69) is 33.6 Å². The van der Waals surface area contributed by atoms with E-state index in [0.717, 1.165) is 21.7 Å². The maximum absolute atomic E-state index is 3.85. The van der Waals surface area contributed by atoms with E-state index in [1.807, 2.05) is 36.4 Å². The van der Waals surface area contributed by atoms with Crippen LogP contribution >= 0.6 is 0 Å². The minimum atomic E-state index is 1.01. The lowest BCUT2D eigenvalue weighted by molar-refractivity contribution is 0.897. The molecule has 3 nitrogen and oxygen atoms in total. The Kier molecular flexibility index (Phi) is 2.43. The fourth-order valence-electron chi connectivity index (χ4n) is 1.88. The minimum Gasteiger partial charge on any atom is -0.259 e. The van der Waals surface area contributed by atoms with Crippen LogP contribution < -0.4 is 0 Å². The molecule has 0 saturated carbocycles. The first-order valence-corrected chi connectivity index (χ1v) is 5.46. The molecular formula is C14H11N3. The topological polar surface area (TPSA) is 41.6 Å². The third-order valence-corrected chi connectivity index (χ3v) is 2.71. The van der Waals surface area contributed by atoms with Crippen molar-refractivity contribution in [3.05, 3.63) is 60.8 Å². The number of fused-ring (bicyclic) bond motifs is 3. The number of aromatic nitrogens is 3. The Morgan fingerprint density at radius 3 is 2.47 bits per heavy atom. The van der Waals surface area contributed by atoms with E-state index < -0.39 is 0 Å². The van der Waals surface area contributed by atoms with Crippen LogP contribution in [0, 0.1) is 0 Å². The van der Waals surface area contributed by atoms with E-state index in [9.17, 15) is 0 Å². The van der Waals surface area contributed by atoms with E-state index in [1.165, 1.54) is 0 Å². The van der Waals surface area contributed by atoms with Crippen LogP contribution in [0.4, 0.5) is 0 Å². The van der Waals surface area contributed by atoms with Crippen molar-refractivity contribution in [1.29, 1.82) is 0 Å². The second-order valence-corrected chi connectivity index (χ2v) is 3.78. The smallest absolute Gasteiger partial charge is 0.0745 e. The van der Waals surface area contributed by atoms with Crippen molar-refractivity contribution in [2.24, 2.45) is 0 Å². The van der Waals surface area contributed by atoms with Gasteiger partial charge in [-0.3, -0.25) is 5.10 Å². The van der Waals surface area contributed by atoms with Crippen molar-refractivity contribution in [3.63, 3.8) is 0 Å². The van der Waals surface area contributed by atoms with Crippen molar-refractivity contribution in [3.8, 4) is 0 Å². The molecule has 0 radical (unpaired) electrons. The summed E-state index contributed by atoms with van der Waals surface area (Å²) < 4.78 is 0. The molecule has 3 aromatic rings. The number of nitrogens with one attached hydrogen (secondary N) is 1. The summed E-state index contributed by atoms with van der Waals surface area (Å²) in [6, 6.07) is 18.4. The average molecular weight is 221 g/mol. The van der Waals surface area contributed by atoms with E-state index in [1.54, 1.807) is 6.20 Å². The van der Waals surface area contributed by atoms with E-state index in [-0.39, 0.29) is 0 Å². The average Bonchev–Trinajstić information content (AvgIpc) is 2.50. The molecule has 0 atom stereocenters. The fourth-order valence-corrected chi connectivity index (χ4v) is 1.88. The van der Waals surface area contributed by atoms with Gasteiger partial charge in [0.1, 0.15) is 0 Å². The van der Waals surface area contributed by atoms with Gasteiger partial charge in [-0.2, -0.15) is 0 Å². The molecule has 0 fully saturated rings. The van der Waals surface area contributed by atoms with Gasteiger partial charge in [-0.25, -0.2) is 0 Å². The summed E-state index contributed by atoms with van der Waals surface area (Å²) in [6.45, 7) is 0. The second-order valence-electron chi connectivity index (χ2n) is 3.78. The molecule has 0 aliphatic heterocycles. The van der Waals surface area contributed by atoms with E-state index in [4.69, 9.17) is 0 Å². The van der Waals surface area contributed by atoms with Crippen LogP contribution in [-0.4, -0.2) is 15.4 Å². The van der Waals surface area contributed by atoms with Gasteiger partial charge in [0.2, 0.25) is 0 Å². The number of hydrogen-bond acceptors (Lipinski definition) is 2. The highest BCUT2D eigenvalue weighted by atomic mass is 15.3. The largest absolute Gasteiger partial charge is 0.259 e. The lowest BCUT2D eigenvalue weighted by Crippen LogP contribution is -1.87. The summed E-state index contributed by atoms with van der Waals surface area (Å²) in [7, 11) is 0. The molecule has 2 aromatic carbocycles. The Morgan fingerprint density at radius 1 is 0.765 bits per heavy atom. The van der Waals surface area contributed by atoms with Gasteiger partial charge >= 0.3 is 0 Å². The van der Waals surface area contributed by atoms with E-state index >= 15 is 0 Å². The maximum Gasteiger partial charge on any atom is 0.0745 e. The first-order chi connectivity index (χ1) is 8.45. The Bertz CT molecular complexity index is 714. The van der Waals surface area contributed by atoms with Crippen LogP contribution in [0.15, 0.2) is 60.8 Å². The predicted molar refractivity (Wildman–Crippen MR) is 69.0 cm³/mol. The number of benzene rings is 1. The van der Waals surface area contributed by atoms with Crippen LogP contribution in [-0.2, 0) is 0 Å². The van der Waals surface area contributed by atoms with Crippen molar-refractivity contribution in [2.45, 2.75) is 0 Å². The molecule has 82 valence electrons. The quantitative estimate of drug-likeness (QED) is 0.633. The molecule has 0 saturated heterocycles. The Morgan fingerprint density at radius 2 is 1.53 bits per heavy atom. The summed E-state index contributed by atoms with van der Waals surface area (Å²) in [5.41, 5.74) is 1.01. The zero-order chi connectivity index (χ0) is 11.5. The number of rotatable bonds is 0. The first kappa shape index (κ1) is 9.78. The molecule has 0 spiro atoms. The molecule has 3 heteroatoms. The summed E-state index contributed by atoms with van der Waals surface area (Å²) in [5, 5.41) is 14.0. The lowest BCUT2D eigenvalue weighted by atomic mass is 10.1. The van der Waals surface area contributed by atoms with Crippen molar-refractivity contribution in [1.82, 2.24) is 15.4 Å². The molecule has 3 rings (SSSR count). The molecule has 0 aliphatic rings. The summed E-state index contributed by atoms with van der Waals surface area (Å²) >= 11 is 0. The third kappa shape index (κ3) is 1.83. The van der Waals surface area contributed by atoms with Crippen molar-refractivity contribution in [2.75, 3.05) is 0 Å². The molecule has 0 amide bonds. The highest BCUT2D eigenvalue weighted by Crippen LogP contribution is 2.20. The summed E-state index contributed by atoms with van der Waals surface area (Å²) in [5.74, 6) is 0. The number of hydrogen-bond donors (Lipinski definition) is 1. The lowest BCUT2D eigenvalue weighted by Gasteiger charge is -1.99. The minimum absolute atomic E-state index is 1.01. The van der Waals surface area contributed by atoms with Crippen molar-refractivity contribution < 1.29 is 0 Å².